The summed E-state index contributed by atoms with van der Waals surface area (Å²) in [6, 6.07) is -1.15. The van der Waals surface area contributed by atoms with Crippen LogP contribution in [0.4, 0.5) is 0 Å². The second kappa shape index (κ2) is 4.40. The number of hydrogen-bond donors (Lipinski definition) is 3. The van der Waals surface area contributed by atoms with Gasteiger partial charge in [-0.15, -0.1) is 0 Å². The Morgan fingerprint density at radius 1 is 1.38 bits per heavy atom. The molecular formula is C6H11N3O4. The summed E-state index contributed by atoms with van der Waals surface area (Å²) in [5.74, 6) is 0. The van der Waals surface area contributed by atoms with Crippen LogP contribution in [0.3, 0.4) is 0 Å². The Morgan fingerprint density at radius 2 is 2.08 bits per heavy atom. The molecular weight excluding hydrogens is 178 g/mol. The lowest BCUT2D eigenvalue weighted by molar-refractivity contribution is -0.120. The summed E-state index contributed by atoms with van der Waals surface area (Å²) in [4.78, 5) is 2.45. The predicted octanol–water partition coefficient (Wildman–Crippen LogP) is -0.874. The third-order valence-electron chi connectivity index (χ3n) is 1.92. The van der Waals surface area contributed by atoms with Crippen molar-refractivity contribution in [1.82, 2.24) is 0 Å². The van der Waals surface area contributed by atoms with Gasteiger partial charge in [-0.05, 0) is 12.0 Å². The first-order valence-corrected chi connectivity index (χ1v) is 3.87. The maximum atomic E-state index is 9.36. The molecule has 0 aromatic carbocycles. The van der Waals surface area contributed by atoms with E-state index in [2.05, 4.69) is 10.0 Å². The first-order chi connectivity index (χ1) is 6.16. The minimum atomic E-state index is -1.36. The Morgan fingerprint density at radius 3 is 2.69 bits per heavy atom. The molecule has 74 valence electrons. The maximum Gasteiger partial charge on any atom is 0.165 e. The van der Waals surface area contributed by atoms with Crippen LogP contribution in [0.15, 0.2) is 5.11 Å². The van der Waals surface area contributed by atoms with Gasteiger partial charge in [0.2, 0.25) is 0 Å². The molecule has 7 nitrogen and oxygen atoms in total. The van der Waals surface area contributed by atoms with Gasteiger partial charge in [-0.2, -0.15) is 0 Å². The van der Waals surface area contributed by atoms with Crippen LogP contribution in [0, 0.1) is 0 Å². The van der Waals surface area contributed by atoms with E-state index in [9.17, 15) is 15.3 Å². The van der Waals surface area contributed by atoms with Crippen molar-refractivity contribution < 1.29 is 20.1 Å². The SMILES string of the molecule is [N-]=[N+]=N[C@H]1C(O)OCC[C@@H](O)C1O. The van der Waals surface area contributed by atoms with Crippen molar-refractivity contribution in [2.45, 2.75) is 31.0 Å². The van der Waals surface area contributed by atoms with Crippen LogP contribution in [-0.4, -0.2) is 46.5 Å². The minimum absolute atomic E-state index is 0.122. The average Bonchev–Trinajstić information content (AvgIpc) is 2.21. The highest BCUT2D eigenvalue weighted by Gasteiger charge is 2.34. The molecule has 1 saturated heterocycles. The van der Waals surface area contributed by atoms with E-state index < -0.39 is 24.5 Å². The molecule has 1 aliphatic rings. The molecule has 1 fully saturated rings. The maximum absolute atomic E-state index is 9.36. The topological polar surface area (TPSA) is 119 Å². The van der Waals surface area contributed by atoms with Gasteiger partial charge in [0.25, 0.3) is 0 Å². The highest BCUT2D eigenvalue weighted by molar-refractivity contribution is 4.86. The van der Waals surface area contributed by atoms with E-state index in [1.54, 1.807) is 0 Å². The smallest absolute Gasteiger partial charge is 0.165 e. The predicted molar refractivity (Wildman–Crippen MR) is 41.5 cm³/mol. The Hall–Kier alpha value is -0.850. The molecule has 0 aliphatic carbocycles. The number of hydrogen-bond acceptors (Lipinski definition) is 5. The average molecular weight is 189 g/mol. The van der Waals surface area contributed by atoms with E-state index in [0.29, 0.717) is 0 Å². The number of aliphatic hydroxyl groups excluding tert-OH is 3. The van der Waals surface area contributed by atoms with Crippen LogP contribution >= 0.6 is 0 Å². The molecule has 0 amide bonds. The fraction of sp³-hybridized carbons (Fsp3) is 1.00. The van der Waals surface area contributed by atoms with Crippen LogP contribution in [-0.2, 0) is 4.74 Å². The second-order valence-corrected chi connectivity index (χ2v) is 2.80. The summed E-state index contributed by atoms with van der Waals surface area (Å²) in [7, 11) is 0. The van der Waals surface area contributed by atoms with Crippen LogP contribution < -0.4 is 0 Å². The lowest BCUT2D eigenvalue weighted by atomic mass is 10.1. The molecule has 3 N–H and O–H groups in total. The molecule has 0 saturated carbocycles. The Bertz CT molecular complexity index is 218. The molecule has 0 radical (unpaired) electrons. The summed E-state index contributed by atoms with van der Waals surface area (Å²) in [6.45, 7) is 0.122. The van der Waals surface area contributed by atoms with Gasteiger partial charge in [0.05, 0.1) is 18.8 Å². The fourth-order valence-corrected chi connectivity index (χ4v) is 1.16. The first kappa shape index (κ1) is 10.2. The molecule has 2 unspecified atom stereocenters. The van der Waals surface area contributed by atoms with E-state index in [4.69, 9.17) is 10.3 Å². The third-order valence-corrected chi connectivity index (χ3v) is 1.92. The Balaban J connectivity index is 2.77. The molecule has 0 spiro atoms. The summed E-state index contributed by atoms with van der Waals surface area (Å²) in [5, 5.41) is 31.0. The zero-order valence-electron chi connectivity index (χ0n) is 6.82. The highest BCUT2D eigenvalue weighted by Crippen LogP contribution is 2.17. The second-order valence-electron chi connectivity index (χ2n) is 2.80. The van der Waals surface area contributed by atoms with Crippen molar-refractivity contribution >= 4 is 0 Å². The van der Waals surface area contributed by atoms with Gasteiger partial charge < -0.3 is 20.1 Å². The van der Waals surface area contributed by atoms with Crippen LogP contribution in [0.2, 0.25) is 0 Å². The molecule has 4 atom stereocenters. The largest absolute Gasteiger partial charge is 0.390 e. The van der Waals surface area contributed by atoms with Crippen molar-refractivity contribution in [2.75, 3.05) is 6.61 Å². The number of aliphatic hydroxyl groups is 3. The van der Waals surface area contributed by atoms with Crippen molar-refractivity contribution in [3.63, 3.8) is 0 Å². The van der Waals surface area contributed by atoms with Crippen molar-refractivity contribution in [3.8, 4) is 0 Å². The summed E-state index contributed by atoms with van der Waals surface area (Å²) in [5.41, 5.74) is 8.13. The van der Waals surface area contributed by atoms with Crippen molar-refractivity contribution in [1.29, 1.82) is 0 Å². The van der Waals surface area contributed by atoms with Gasteiger partial charge in [0.15, 0.2) is 6.29 Å². The number of ether oxygens (including phenoxy) is 1. The van der Waals surface area contributed by atoms with Gasteiger partial charge in [0, 0.05) is 4.91 Å². The lowest BCUT2D eigenvalue weighted by Crippen LogP contribution is -2.41. The quantitative estimate of drug-likeness (QED) is 0.282. The summed E-state index contributed by atoms with van der Waals surface area (Å²) in [6.07, 6.45) is -3.47. The van der Waals surface area contributed by atoms with E-state index in [0.717, 1.165) is 0 Å². The zero-order valence-corrected chi connectivity index (χ0v) is 6.82. The monoisotopic (exact) mass is 189 g/mol. The molecule has 1 heterocycles. The molecule has 0 bridgehead atoms. The van der Waals surface area contributed by atoms with Gasteiger partial charge in [-0.3, -0.25) is 0 Å². The molecule has 7 heteroatoms. The van der Waals surface area contributed by atoms with Gasteiger partial charge in [-0.1, -0.05) is 5.11 Å². The number of nitrogens with zero attached hydrogens (tertiary/aromatic N) is 3. The minimum Gasteiger partial charge on any atom is -0.390 e. The highest BCUT2D eigenvalue weighted by atomic mass is 16.6. The van der Waals surface area contributed by atoms with E-state index in [-0.39, 0.29) is 13.0 Å². The van der Waals surface area contributed by atoms with E-state index in [1.165, 1.54) is 0 Å². The Labute approximate surface area is 74.2 Å². The Kier molecular flexibility index (Phi) is 3.47. The van der Waals surface area contributed by atoms with Gasteiger partial charge in [0.1, 0.15) is 6.04 Å². The van der Waals surface area contributed by atoms with Gasteiger partial charge in [-0.25, -0.2) is 0 Å². The standard InChI is InChI=1S/C6H11N3O4/c7-9-8-4-5(11)3(10)1-2-13-6(4)12/h3-6,10-12H,1-2H2/t3-,4-,5?,6?/m1/s1. The van der Waals surface area contributed by atoms with Crippen LogP contribution in [0.25, 0.3) is 10.4 Å². The number of rotatable bonds is 1. The van der Waals surface area contributed by atoms with Crippen LogP contribution in [0.1, 0.15) is 6.42 Å². The molecule has 0 aromatic heterocycles. The lowest BCUT2D eigenvalue weighted by Gasteiger charge is -2.21. The summed E-state index contributed by atoms with van der Waals surface area (Å²) < 4.78 is 4.78. The summed E-state index contributed by atoms with van der Waals surface area (Å²) >= 11 is 0. The molecule has 1 rings (SSSR count). The first-order valence-electron chi connectivity index (χ1n) is 3.87. The third kappa shape index (κ3) is 2.30. The van der Waals surface area contributed by atoms with Crippen molar-refractivity contribution in [3.05, 3.63) is 10.4 Å². The molecule has 13 heavy (non-hydrogen) atoms. The fourth-order valence-electron chi connectivity index (χ4n) is 1.16. The number of azide groups is 1. The zero-order chi connectivity index (χ0) is 9.84. The van der Waals surface area contributed by atoms with Crippen molar-refractivity contribution in [2.24, 2.45) is 5.11 Å². The molecule has 1 aliphatic heterocycles. The van der Waals surface area contributed by atoms with E-state index >= 15 is 0 Å². The van der Waals surface area contributed by atoms with E-state index in [1.807, 2.05) is 0 Å². The molecule has 0 aromatic rings. The van der Waals surface area contributed by atoms with Gasteiger partial charge >= 0.3 is 0 Å². The normalized spacial score (nSPS) is 40.5. The van der Waals surface area contributed by atoms with Crippen LogP contribution in [0.5, 0.6) is 0 Å².